The fraction of sp³-hybridized carbons (Fsp3) is 0.485. The van der Waals surface area contributed by atoms with Crippen molar-refractivity contribution >= 4 is 28.9 Å². The van der Waals surface area contributed by atoms with Crippen LogP contribution >= 0.6 is 0 Å². The third-order valence-corrected chi connectivity index (χ3v) is 10.7. The lowest BCUT2D eigenvalue weighted by atomic mass is 9.37. The number of aliphatic hydroxyl groups is 2. The Hall–Kier alpha value is -3.49. The minimum Gasteiger partial charge on any atom is -0.507 e. The van der Waals surface area contributed by atoms with Gasteiger partial charge in [0.1, 0.15) is 17.5 Å². The zero-order chi connectivity index (χ0) is 30.6. The molecule has 3 aliphatic rings. The van der Waals surface area contributed by atoms with E-state index in [2.05, 4.69) is 0 Å². The number of phenols is 1. The predicted octanol–water partition coefficient (Wildman–Crippen LogP) is 3.60. The molecule has 0 saturated heterocycles. The summed E-state index contributed by atoms with van der Waals surface area (Å²) in [6.45, 7) is 10.7. The maximum absolute atomic E-state index is 14.5. The number of rotatable bonds is 3. The first kappa shape index (κ1) is 29.0. The molecule has 0 amide bonds. The highest BCUT2D eigenvalue weighted by Crippen LogP contribution is 2.66. The van der Waals surface area contributed by atoms with Gasteiger partial charge in [0.05, 0.1) is 17.6 Å². The van der Waals surface area contributed by atoms with Gasteiger partial charge in [0.2, 0.25) is 0 Å². The highest BCUT2D eigenvalue weighted by molar-refractivity contribution is 6.33. The zero-order valence-corrected chi connectivity index (χ0v) is 24.3. The Morgan fingerprint density at radius 1 is 1.00 bits per heavy atom. The van der Waals surface area contributed by atoms with Gasteiger partial charge in [-0.2, -0.15) is 0 Å². The van der Waals surface area contributed by atoms with Crippen molar-refractivity contribution < 1.29 is 39.3 Å². The Morgan fingerprint density at radius 3 is 2.12 bits per heavy atom. The van der Waals surface area contributed by atoms with Crippen molar-refractivity contribution in [3.63, 3.8) is 0 Å². The van der Waals surface area contributed by atoms with Gasteiger partial charge in [-0.3, -0.25) is 24.0 Å². The Balaban J connectivity index is 1.81. The van der Waals surface area contributed by atoms with Crippen LogP contribution in [0.4, 0.5) is 0 Å². The molecular weight excluding hydrogens is 524 g/mol. The van der Waals surface area contributed by atoms with Gasteiger partial charge < -0.3 is 15.3 Å². The number of aliphatic hydroxyl groups excluding tert-OH is 1. The van der Waals surface area contributed by atoms with Gasteiger partial charge in [0.25, 0.3) is 0 Å². The molecule has 8 heteroatoms. The molecule has 0 heterocycles. The lowest BCUT2D eigenvalue weighted by molar-refractivity contribution is -0.240. The molecular formula is C33H36O8. The van der Waals surface area contributed by atoms with Crippen LogP contribution in [0.25, 0.3) is 11.1 Å². The second-order valence-corrected chi connectivity index (χ2v) is 12.9. The Bertz CT molecular complexity index is 1540. The second kappa shape index (κ2) is 9.00. The van der Waals surface area contributed by atoms with E-state index in [1.807, 2.05) is 30.3 Å². The molecule has 0 radical (unpaired) electrons. The fourth-order valence-corrected chi connectivity index (χ4v) is 8.43. The molecule has 0 bridgehead atoms. The van der Waals surface area contributed by atoms with Crippen LogP contribution in [-0.2, 0) is 19.2 Å². The summed E-state index contributed by atoms with van der Waals surface area (Å²) in [6.07, 6.45) is -1.69. The number of aromatic hydroxyl groups is 1. The second-order valence-electron chi connectivity index (χ2n) is 12.9. The standard InChI is InChI=1S/C33H36O8/c1-14(2)23-26(36)21(17(5)34)28(38)33(41)29(39)24-27(37)22-20(16(4)31(24,6)30(40)32(23,33)7)13-19(15(3)25(22)35)18-11-9-8-10-12-18/h8-14,16,21,23-24,30,35,40-41H,1-7H3/t16-,21?,23?,24?,30-,31+,32+,33+/m1/s1. The van der Waals surface area contributed by atoms with E-state index in [9.17, 15) is 39.3 Å². The highest BCUT2D eigenvalue weighted by atomic mass is 16.3. The first-order chi connectivity index (χ1) is 19.0. The monoisotopic (exact) mass is 560 g/mol. The number of Topliss-reactive ketones (excluding diaryl/α,β-unsaturated/α-hetero) is 5. The number of hydrogen-bond donors (Lipinski definition) is 3. The maximum atomic E-state index is 14.5. The van der Waals surface area contributed by atoms with Gasteiger partial charge in [0, 0.05) is 16.7 Å². The Labute approximate surface area is 238 Å². The normalized spacial score (nSPS) is 36.6. The van der Waals surface area contributed by atoms with Crippen LogP contribution in [0.3, 0.4) is 0 Å². The average Bonchev–Trinajstić information content (AvgIpc) is 2.90. The van der Waals surface area contributed by atoms with Crippen LogP contribution in [0, 0.1) is 41.4 Å². The third-order valence-electron chi connectivity index (χ3n) is 10.7. The SMILES string of the molecule is CC(=O)C1C(=O)C(C(C)C)[C@@]2(C)[C@H](O)[C@]3(C)C(C(=O)c4c(cc(-c5ccccc5)c(C)c4O)[C@H]3C)C(=O)[C@@]2(O)C1=O. The van der Waals surface area contributed by atoms with Crippen molar-refractivity contribution in [3.8, 4) is 16.9 Å². The minimum absolute atomic E-state index is 0.0900. The smallest absolute Gasteiger partial charge is 0.191 e. The molecule has 0 spiro atoms. The molecule has 2 saturated carbocycles. The van der Waals surface area contributed by atoms with E-state index in [4.69, 9.17) is 0 Å². The summed E-state index contributed by atoms with van der Waals surface area (Å²) in [4.78, 5) is 68.8. The van der Waals surface area contributed by atoms with Crippen molar-refractivity contribution in [2.45, 2.75) is 66.1 Å². The zero-order valence-electron chi connectivity index (χ0n) is 24.3. The molecule has 2 fully saturated rings. The first-order valence-electron chi connectivity index (χ1n) is 14.0. The Kier molecular flexibility index (Phi) is 6.37. The van der Waals surface area contributed by atoms with Gasteiger partial charge >= 0.3 is 0 Å². The van der Waals surface area contributed by atoms with E-state index < -0.39 is 81.0 Å². The number of hydrogen-bond acceptors (Lipinski definition) is 8. The summed E-state index contributed by atoms with van der Waals surface area (Å²) in [5.41, 5.74) is -4.33. The summed E-state index contributed by atoms with van der Waals surface area (Å²) in [7, 11) is 0. The number of fused-ring (bicyclic) bond motifs is 3. The predicted molar refractivity (Wildman–Crippen MR) is 149 cm³/mol. The molecule has 216 valence electrons. The van der Waals surface area contributed by atoms with Crippen molar-refractivity contribution in [3.05, 3.63) is 53.1 Å². The molecule has 3 aliphatic carbocycles. The molecule has 0 aliphatic heterocycles. The van der Waals surface area contributed by atoms with Crippen molar-refractivity contribution in [1.29, 1.82) is 0 Å². The van der Waals surface area contributed by atoms with E-state index >= 15 is 0 Å². The van der Waals surface area contributed by atoms with Crippen LogP contribution < -0.4 is 0 Å². The van der Waals surface area contributed by atoms with Crippen LogP contribution in [0.1, 0.15) is 68.9 Å². The summed E-state index contributed by atoms with van der Waals surface area (Å²) in [5.74, 6) is -11.2. The van der Waals surface area contributed by atoms with E-state index in [0.717, 1.165) is 12.5 Å². The largest absolute Gasteiger partial charge is 0.507 e. The van der Waals surface area contributed by atoms with Crippen molar-refractivity contribution in [1.82, 2.24) is 0 Å². The Morgan fingerprint density at radius 2 is 1.59 bits per heavy atom. The molecule has 2 aromatic rings. The topological polar surface area (TPSA) is 146 Å². The third kappa shape index (κ3) is 3.26. The molecule has 3 unspecified atom stereocenters. The van der Waals surface area contributed by atoms with Crippen LogP contribution in [0.2, 0.25) is 0 Å². The van der Waals surface area contributed by atoms with Gasteiger partial charge in [-0.1, -0.05) is 65.0 Å². The summed E-state index contributed by atoms with van der Waals surface area (Å²) in [5, 5.41) is 35.8. The molecule has 0 aromatic heterocycles. The number of carbonyl (C=O) groups is 5. The highest BCUT2D eigenvalue weighted by Gasteiger charge is 2.80. The van der Waals surface area contributed by atoms with Gasteiger partial charge in [-0.25, -0.2) is 0 Å². The summed E-state index contributed by atoms with van der Waals surface area (Å²) < 4.78 is 0. The maximum Gasteiger partial charge on any atom is 0.191 e. The number of carbonyl (C=O) groups excluding carboxylic acids is 5. The van der Waals surface area contributed by atoms with E-state index in [0.29, 0.717) is 16.7 Å². The van der Waals surface area contributed by atoms with Gasteiger partial charge in [-0.05, 0) is 54.0 Å². The molecule has 5 rings (SSSR count). The average molecular weight is 561 g/mol. The quantitative estimate of drug-likeness (QED) is 0.483. The lowest BCUT2D eigenvalue weighted by Gasteiger charge is -2.65. The van der Waals surface area contributed by atoms with E-state index in [-0.39, 0.29) is 11.3 Å². The van der Waals surface area contributed by atoms with Crippen molar-refractivity contribution in [2.75, 3.05) is 0 Å². The minimum atomic E-state index is -2.97. The van der Waals surface area contributed by atoms with E-state index in [1.54, 1.807) is 40.7 Å². The first-order valence-corrected chi connectivity index (χ1v) is 14.0. The lowest BCUT2D eigenvalue weighted by Crippen LogP contribution is -2.81. The van der Waals surface area contributed by atoms with Crippen molar-refractivity contribution in [2.24, 2.45) is 34.5 Å². The number of phenolic OH excluding ortho intramolecular Hbond substituents is 1. The van der Waals surface area contributed by atoms with E-state index in [1.165, 1.54) is 6.92 Å². The molecule has 3 N–H and O–H groups in total. The summed E-state index contributed by atoms with van der Waals surface area (Å²) >= 11 is 0. The molecule has 2 aromatic carbocycles. The van der Waals surface area contributed by atoms with Gasteiger partial charge in [0.15, 0.2) is 28.7 Å². The van der Waals surface area contributed by atoms with Gasteiger partial charge in [-0.15, -0.1) is 0 Å². The van der Waals surface area contributed by atoms with Crippen LogP contribution in [0.15, 0.2) is 36.4 Å². The number of ketones is 5. The molecule has 8 nitrogen and oxygen atoms in total. The fourth-order valence-electron chi connectivity index (χ4n) is 8.43. The summed E-state index contributed by atoms with van der Waals surface area (Å²) in [6, 6.07) is 11.1. The van der Waals surface area contributed by atoms with Crippen LogP contribution in [0.5, 0.6) is 5.75 Å². The van der Waals surface area contributed by atoms with Crippen LogP contribution in [-0.4, -0.2) is 55.9 Å². The molecule has 41 heavy (non-hydrogen) atoms. The number of benzene rings is 2. The molecule has 8 atom stereocenters.